The molecule has 1 unspecified atom stereocenters. The molecule has 0 amide bonds. The topological polar surface area (TPSA) is 58.1 Å². The van der Waals surface area contributed by atoms with Gasteiger partial charge >= 0.3 is 0 Å². The van der Waals surface area contributed by atoms with Crippen LogP contribution in [0.15, 0.2) is 23.2 Å². The molecule has 1 heterocycles. The molecule has 1 atom stereocenters. The van der Waals surface area contributed by atoms with Gasteiger partial charge in [-0.05, 0) is 38.1 Å². The fourth-order valence-corrected chi connectivity index (χ4v) is 3.18. The SMILES string of the molecule is CCCN(CC)CCNC(=NC)NCc1ccc(C)cc1OC1CCOC1.I. The lowest BCUT2D eigenvalue weighted by molar-refractivity contribution is 0.140. The van der Waals surface area contributed by atoms with Crippen molar-refractivity contribution in [1.82, 2.24) is 15.5 Å². The maximum Gasteiger partial charge on any atom is 0.191 e. The van der Waals surface area contributed by atoms with Gasteiger partial charge in [-0.25, -0.2) is 0 Å². The van der Waals surface area contributed by atoms with E-state index in [1.54, 1.807) is 7.05 Å². The zero-order valence-corrected chi connectivity index (χ0v) is 20.1. The van der Waals surface area contributed by atoms with Crippen molar-refractivity contribution in [2.75, 3.05) is 46.4 Å². The first kappa shape index (κ1) is 25.0. The highest BCUT2D eigenvalue weighted by Crippen LogP contribution is 2.23. The zero-order valence-electron chi connectivity index (χ0n) is 17.8. The second-order valence-corrected chi connectivity index (χ2v) is 7.00. The number of nitrogens with zero attached hydrogens (tertiary/aromatic N) is 2. The minimum absolute atomic E-state index is 0. The van der Waals surface area contributed by atoms with E-state index in [-0.39, 0.29) is 30.1 Å². The molecule has 7 heteroatoms. The molecule has 0 spiro atoms. The average molecular weight is 504 g/mol. The summed E-state index contributed by atoms with van der Waals surface area (Å²) < 4.78 is 11.6. The van der Waals surface area contributed by atoms with Crippen LogP contribution in [0.5, 0.6) is 5.75 Å². The quantitative estimate of drug-likeness (QED) is 0.291. The van der Waals surface area contributed by atoms with Crippen LogP contribution in [0, 0.1) is 6.92 Å². The second kappa shape index (κ2) is 14.0. The van der Waals surface area contributed by atoms with Gasteiger partial charge in [0.05, 0.1) is 13.2 Å². The molecule has 28 heavy (non-hydrogen) atoms. The van der Waals surface area contributed by atoms with Gasteiger partial charge in [-0.15, -0.1) is 24.0 Å². The third kappa shape index (κ3) is 8.53. The Balaban J connectivity index is 0.00000392. The van der Waals surface area contributed by atoms with Gasteiger partial charge < -0.3 is 25.0 Å². The maximum atomic E-state index is 6.18. The van der Waals surface area contributed by atoms with Crippen molar-refractivity contribution in [2.24, 2.45) is 4.99 Å². The van der Waals surface area contributed by atoms with Gasteiger partial charge in [0.15, 0.2) is 5.96 Å². The zero-order chi connectivity index (χ0) is 19.5. The third-order valence-electron chi connectivity index (χ3n) is 4.78. The van der Waals surface area contributed by atoms with E-state index in [0.29, 0.717) is 13.2 Å². The Morgan fingerprint density at radius 2 is 2.11 bits per heavy atom. The van der Waals surface area contributed by atoms with Gasteiger partial charge in [-0.1, -0.05) is 26.0 Å². The summed E-state index contributed by atoms with van der Waals surface area (Å²) in [6, 6.07) is 6.35. The van der Waals surface area contributed by atoms with Crippen molar-refractivity contribution in [3.05, 3.63) is 29.3 Å². The summed E-state index contributed by atoms with van der Waals surface area (Å²) in [6.07, 6.45) is 2.29. The Morgan fingerprint density at radius 3 is 2.75 bits per heavy atom. The molecular weight excluding hydrogens is 467 g/mol. The number of rotatable bonds is 10. The Kier molecular flexibility index (Phi) is 12.5. The van der Waals surface area contributed by atoms with E-state index in [1.807, 2.05) is 0 Å². The van der Waals surface area contributed by atoms with Gasteiger partial charge in [0.25, 0.3) is 0 Å². The minimum atomic E-state index is 0. The van der Waals surface area contributed by atoms with Crippen LogP contribution < -0.4 is 15.4 Å². The molecule has 1 aromatic carbocycles. The van der Waals surface area contributed by atoms with E-state index >= 15 is 0 Å². The van der Waals surface area contributed by atoms with Crippen molar-refractivity contribution in [2.45, 2.75) is 46.3 Å². The summed E-state index contributed by atoms with van der Waals surface area (Å²) in [4.78, 5) is 6.78. The Hall–Kier alpha value is -1.06. The number of likely N-dealkylation sites (N-methyl/N-ethyl adjacent to an activating group) is 1. The number of benzene rings is 1. The summed E-state index contributed by atoms with van der Waals surface area (Å²) in [5.41, 5.74) is 2.34. The Bertz CT molecular complexity index is 592. The number of aliphatic imine (C=N–C) groups is 1. The van der Waals surface area contributed by atoms with Crippen LogP contribution in [-0.4, -0.2) is 63.4 Å². The van der Waals surface area contributed by atoms with Crippen LogP contribution in [0.4, 0.5) is 0 Å². The Morgan fingerprint density at radius 1 is 1.29 bits per heavy atom. The van der Waals surface area contributed by atoms with Crippen LogP contribution in [0.2, 0.25) is 0 Å². The highest BCUT2D eigenvalue weighted by molar-refractivity contribution is 14.0. The summed E-state index contributed by atoms with van der Waals surface area (Å²) in [5, 5.41) is 6.81. The fraction of sp³-hybridized carbons (Fsp3) is 0.667. The molecule has 2 N–H and O–H groups in total. The summed E-state index contributed by atoms with van der Waals surface area (Å²) in [7, 11) is 1.81. The maximum absolute atomic E-state index is 6.18. The van der Waals surface area contributed by atoms with Crippen molar-refractivity contribution in [1.29, 1.82) is 0 Å². The Labute approximate surface area is 187 Å². The lowest BCUT2D eigenvalue weighted by Crippen LogP contribution is -2.41. The van der Waals surface area contributed by atoms with E-state index in [0.717, 1.165) is 56.5 Å². The monoisotopic (exact) mass is 504 g/mol. The molecule has 2 rings (SSSR count). The molecular formula is C21H37IN4O2. The molecule has 6 nitrogen and oxygen atoms in total. The smallest absolute Gasteiger partial charge is 0.191 e. The lowest BCUT2D eigenvalue weighted by atomic mass is 10.1. The average Bonchev–Trinajstić information content (AvgIpc) is 3.18. The molecule has 0 radical (unpaired) electrons. The van der Waals surface area contributed by atoms with Gasteiger partial charge in [0, 0.05) is 38.7 Å². The van der Waals surface area contributed by atoms with Crippen LogP contribution >= 0.6 is 24.0 Å². The highest BCUT2D eigenvalue weighted by atomic mass is 127. The molecule has 1 aromatic rings. The predicted octanol–water partition coefficient (Wildman–Crippen LogP) is 3.18. The van der Waals surface area contributed by atoms with E-state index in [4.69, 9.17) is 9.47 Å². The number of guanidine groups is 1. The largest absolute Gasteiger partial charge is 0.488 e. The van der Waals surface area contributed by atoms with Crippen LogP contribution in [0.1, 0.15) is 37.8 Å². The number of aryl methyl sites for hydroxylation is 1. The van der Waals surface area contributed by atoms with Crippen molar-refractivity contribution in [3.8, 4) is 5.75 Å². The van der Waals surface area contributed by atoms with Crippen molar-refractivity contribution in [3.63, 3.8) is 0 Å². The molecule has 0 aliphatic carbocycles. The first-order valence-corrected chi connectivity index (χ1v) is 10.2. The first-order valence-electron chi connectivity index (χ1n) is 10.2. The van der Waals surface area contributed by atoms with Gasteiger partial charge in [-0.2, -0.15) is 0 Å². The molecule has 1 aliphatic rings. The standard InChI is InChI=1S/C21H36N4O2.HI/c1-5-11-25(6-2)12-10-23-21(22-4)24-15-18-8-7-17(3)14-20(18)27-19-9-13-26-16-19;/h7-8,14,19H,5-6,9-13,15-16H2,1-4H3,(H2,22,23,24);1H. The van der Waals surface area contributed by atoms with Gasteiger partial charge in [0.1, 0.15) is 11.9 Å². The molecule has 1 aliphatic heterocycles. The number of hydrogen-bond acceptors (Lipinski definition) is 4. The van der Waals surface area contributed by atoms with Crippen molar-refractivity contribution < 1.29 is 9.47 Å². The van der Waals surface area contributed by atoms with Gasteiger partial charge in [-0.3, -0.25) is 4.99 Å². The minimum Gasteiger partial charge on any atom is -0.488 e. The summed E-state index contributed by atoms with van der Waals surface area (Å²) in [6.45, 7) is 12.8. The first-order chi connectivity index (χ1) is 13.2. The molecule has 1 fully saturated rings. The molecule has 0 saturated carbocycles. The normalized spacial score (nSPS) is 16.8. The van der Waals surface area contributed by atoms with E-state index in [1.165, 1.54) is 12.0 Å². The van der Waals surface area contributed by atoms with E-state index in [2.05, 4.69) is 59.5 Å². The van der Waals surface area contributed by atoms with E-state index in [9.17, 15) is 0 Å². The third-order valence-corrected chi connectivity index (χ3v) is 4.78. The highest BCUT2D eigenvalue weighted by Gasteiger charge is 2.18. The molecule has 0 bridgehead atoms. The summed E-state index contributed by atoms with van der Waals surface area (Å²) in [5.74, 6) is 1.76. The van der Waals surface area contributed by atoms with Crippen LogP contribution in [-0.2, 0) is 11.3 Å². The number of nitrogens with one attached hydrogen (secondary N) is 2. The lowest BCUT2D eigenvalue weighted by Gasteiger charge is -2.21. The summed E-state index contributed by atoms with van der Waals surface area (Å²) >= 11 is 0. The van der Waals surface area contributed by atoms with Crippen molar-refractivity contribution >= 4 is 29.9 Å². The molecule has 1 saturated heterocycles. The second-order valence-electron chi connectivity index (χ2n) is 7.00. The van der Waals surface area contributed by atoms with E-state index < -0.39 is 0 Å². The fourth-order valence-electron chi connectivity index (χ4n) is 3.18. The molecule has 160 valence electrons. The van der Waals surface area contributed by atoms with Crippen LogP contribution in [0.3, 0.4) is 0 Å². The molecule has 0 aromatic heterocycles. The predicted molar refractivity (Wildman–Crippen MR) is 127 cm³/mol. The number of hydrogen-bond donors (Lipinski definition) is 2. The van der Waals surface area contributed by atoms with Crippen LogP contribution in [0.25, 0.3) is 0 Å². The number of halogens is 1. The number of ether oxygens (including phenoxy) is 2. The van der Waals surface area contributed by atoms with Gasteiger partial charge in [0.2, 0.25) is 0 Å².